The molecule has 0 aliphatic rings. The number of phenolic OH excluding ortho intramolecular Hbond substituents is 1. The summed E-state index contributed by atoms with van der Waals surface area (Å²) in [5.74, 6) is -0.620. The molecule has 2 aromatic rings. The third kappa shape index (κ3) is 4.59. The van der Waals surface area contributed by atoms with E-state index >= 15 is 0 Å². The normalized spacial score (nSPS) is 11.6. The molecule has 24 heavy (non-hydrogen) atoms. The van der Waals surface area contributed by atoms with E-state index < -0.39 is 11.9 Å². The summed E-state index contributed by atoms with van der Waals surface area (Å²) in [6.45, 7) is 3.81. The van der Waals surface area contributed by atoms with Gasteiger partial charge in [-0.15, -0.1) is 0 Å². The molecule has 126 valence electrons. The molecule has 0 aromatic heterocycles. The quantitative estimate of drug-likeness (QED) is 0.793. The second-order valence-electron chi connectivity index (χ2n) is 5.57. The van der Waals surface area contributed by atoms with E-state index in [0.29, 0.717) is 5.92 Å². The maximum atomic E-state index is 12.0. The number of hydrogen-bond acceptors (Lipinski definition) is 4. The van der Waals surface area contributed by atoms with Gasteiger partial charge in [0.25, 0.3) is 5.91 Å². The molecule has 0 saturated carbocycles. The van der Waals surface area contributed by atoms with Gasteiger partial charge in [-0.2, -0.15) is 0 Å². The van der Waals surface area contributed by atoms with Crippen molar-refractivity contribution < 1.29 is 19.4 Å². The van der Waals surface area contributed by atoms with Crippen molar-refractivity contribution in [1.29, 1.82) is 0 Å². The Balaban J connectivity index is 1.94. The first-order chi connectivity index (χ1) is 11.5. The van der Waals surface area contributed by atoms with Gasteiger partial charge < -0.3 is 15.2 Å². The number of esters is 1. The van der Waals surface area contributed by atoms with Crippen LogP contribution in [-0.4, -0.2) is 23.6 Å². The van der Waals surface area contributed by atoms with Crippen LogP contribution in [0.25, 0.3) is 0 Å². The maximum Gasteiger partial charge on any atom is 0.338 e. The standard InChI is InChI=1S/C19H21NO4/c1-3-13(2)16-6-4-5-7-17(16)20-18(22)12-24-19(23)14-8-10-15(21)11-9-14/h4-11,13,21H,3,12H2,1-2H3,(H,20,22). The molecule has 0 saturated heterocycles. The number of carbonyl (C=O) groups is 2. The highest BCUT2D eigenvalue weighted by molar-refractivity contribution is 5.96. The van der Waals surface area contributed by atoms with Crippen molar-refractivity contribution in [2.24, 2.45) is 0 Å². The van der Waals surface area contributed by atoms with Crippen molar-refractivity contribution in [3.05, 3.63) is 59.7 Å². The summed E-state index contributed by atoms with van der Waals surface area (Å²) in [5.41, 5.74) is 2.07. The Labute approximate surface area is 141 Å². The van der Waals surface area contributed by atoms with Gasteiger partial charge in [-0.05, 0) is 48.2 Å². The van der Waals surface area contributed by atoms with Crippen LogP contribution in [0.5, 0.6) is 5.75 Å². The van der Waals surface area contributed by atoms with E-state index in [4.69, 9.17) is 4.74 Å². The van der Waals surface area contributed by atoms with Crippen molar-refractivity contribution in [2.75, 3.05) is 11.9 Å². The van der Waals surface area contributed by atoms with Gasteiger partial charge in [0.2, 0.25) is 0 Å². The highest BCUT2D eigenvalue weighted by Gasteiger charge is 2.13. The van der Waals surface area contributed by atoms with E-state index in [2.05, 4.69) is 19.2 Å². The van der Waals surface area contributed by atoms with Crippen molar-refractivity contribution in [1.82, 2.24) is 0 Å². The molecule has 2 rings (SSSR count). The van der Waals surface area contributed by atoms with Gasteiger partial charge in [-0.3, -0.25) is 4.79 Å². The Hall–Kier alpha value is -2.82. The van der Waals surface area contributed by atoms with Gasteiger partial charge in [0.15, 0.2) is 6.61 Å². The molecule has 0 radical (unpaired) electrons. The third-order valence-corrected chi connectivity index (χ3v) is 3.82. The number of benzene rings is 2. The van der Waals surface area contributed by atoms with Gasteiger partial charge in [0, 0.05) is 5.69 Å². The fraction of sp³-hybridized carbons (Fsp3) is 0.263. The number of phenols is 1. The van der Waals surface area contributed by atoms with Crippen LogP contribution in [0, 0.1) is 0 Å². The maximum absolute atomic E-state index is 12.0. The van der Waals surface area contributed by atoms with Gasteiger partial charge in [0.1, 0.15) is 5.75 Å². The Morgan fingerprint density at radius 1 is 1.12 bits per heavy atom. The number of nitrogens with one attached hydrogen (secondary N) is 1. The minimum Gasteiger partial charge on any atom is -0.508 e. The largest absolute Gasteiger partial charge is 0.508 e. The predicted octanol–water partition coefficient (Wildman–Crippen LogP) is 3.70. The lowest BCUT2D eigenvalue weighted by molar-refractivity contribution is -0.119. The van der Waals surface area contributed by atoms with Crippen molar-refractivity contribution in [3.8, 4) is 5.75 Å². The average molecular weight is 327 g/mol. The summed E-state index contributed by atoms with van der Waals surface area (Å²) in [6, 6.07) is 13.2. The molecule has 0 aliphatic carbocycles. The van der Waals surface area contributed by atoms with E-state index in [-0.39, 0.29) is 17.9 Å². The summed E-state index contributed by atoms with van der Waals surface area (Å²) in [4.78, 5) is 23.9. The number of hydrogen-bond donors (Lipinski definition) is 2. The van der Waals surface area contributed by atoms with Crippen LogP contribution in [0.4, 0.5) is 5.69 Å². The molecule has 0 heterocycles. The summed E-state index contributed by atoms with van der Waals surface area (Å²) in [6.07, 6.45) is 0.961. The highest BCUT2D eigenvalue weighted by atomic mass is 16.5. The Morgan fingerprint density at radius 2 is 1.79 bits per heavy atom. The molecule has 1 amide bonds. The number of rotatable bonds is 6. The molecular formula is C19H21NO4. The van der Waals surface area contributed by atoms with E-state index in [1.165, 1.54) is 24.3 Å². The second kappa shape index (κ2) is 8.15. The second-order valence-corrected chi connectivity index (χ2v) is 5.57. The summed E-state index contributed by atoms with van der Waals surface area (Å²) < 4.78 is 5.00. The first-order valence-electron chi connectivity index (χ1n) is 7.86. The summed E-state index contributed by atoms with van der Waals surface area (Å²) in [7, 11) is 0. The smallest absolute Gasteiger partial charge is 0.338 e. The van der Waals surface area contributed by atoms with E-state index in [9.17, 15) is 14.7 Å². The number of aromatic hydroxyl groups is 1. The molecule has 2 N–H and O–H groups in total. The van der Waals surface area contributed by atoms with Crippen LogP contribution in [-0.2, 0) is 9.53 Å². The molecule has 0 spiro atoms. The van der Waals surface area contributed by atoms with Crippen LogP contribution < -0.4 is 5.32 Å². The SMILES string of the molecule is CCC(C)c1ccccc1NC(=O)COC(=O)c1ccc(O)cc1. The van der Waals surface area contributed by atoms with Crippen LogP contribution in [0.3, 0.4) is 0 Å². The fourth-order valence-electron chi connectivity index (χ4n) is 2.26. The minimum atomic E-state index is -0.611. The summed E-state index contributed by atoms with van der Waals surface area (Å²) in [5, 5.41) is 12.0. The summed E-state index contributed by atoms with van der Waals surface area (Å²) >= 11 is 0. The van der Waals surface area contributed by atoms with E-state index in [1.54, 1.807) is 0 Å². The van der Waals surface area contributed by atoms with Crippen LogP contribution in [0.2, 0.25) is 0 Å². The molecule has 0 bridgehead atoms. The lowest BCUT2D eigenvalue weighted by Gasteiger charge is -2.15. The number of ether oxygens (including phenoxy) is 1. The lowest BCUT2D eigenvalue weighted by atomic mass is 9.97. The lowest BCUT2D eigenvalue weighted by Crippen LogP contribution is -2.21. The molecule has 1 atom stereocenters. The topological polar surface area (TPSA) is 75.6 Å². The molecule has 0 aliphatic heterocycles. The molecular weight excluding hydrogens is 306 g/mol. The van der Waals surface area contributed by atoms with Gasteiger partial charge in [-0.25, -0.2) is 4.79 Å². The number of amides is 1. The number of anilines is 1. The minimum absolute atomic E-state index is 0.0611. The monoisotopic (exact) mass is 327 g/mol. The van der Waals surface area contributed by atoms with Crippen LogP contribution >= 0.6 is 0 Å². The van der Waals surface area contributed by atoms with E-state index in [0.717, 1.165) is 17.7 Å². The molecule has 2 aromatic carbocycles. The molecule has 0 fully saturated rings. The molecule has 5 heteroatoms. The van der Waals surface area contributed by atoms with Crippen molar-refractivity contribution in [3.63, 3.8) is 0 Å². The first-order valence-corrected chi connectivity index (χ1v) is 7.86. The zero-order valence-electron chi connectivity index (χ0n) is 13.8. The van der Waals surface area contributed by atoms with Gasteiger partial charge in [-0.1, -0.05) is 32.0 Å². The van der Waals surface area contributed by atoms with Gasteiger partial charge in [0.05, 0.1) is 5.56 Å². The highest BCUT2D eigenvalue weighted by Crippen LogP contribution is 2.26. The van der Waals surface area contributed by atoms with Crippen LogP contribution in [0.1, 0.15) is 42.1 Å². The predicted molar refractivity (Wildman–Crippen MR) is 92.2 cm³/mol. The number of carbonyl (C=O) groups excluding carboxylic acids is 2. The van der Waals surface area contributed by atoms with E-state index in [1.807, 2.05) is 24.3 Å². The molecule has 5 nitrogen and oxygen atoms in total. The zero-order valence-corrected chi connectivity index (χ0v) is 13.8. The van der Waals surface area contributed by atoms with Crippen LogP contribution in [0.15, 0.2) is 48.5 Å². The van der Waals surface area contributed by atoms with Crippen molar-refractivity contribution in [2.45, 2.75) is 26.2 Å². The number of para-hydroxylation sites is 1. The Bertz CT molecular complexity index is 710. The first kappa shape index (κ1) is 17.5. The van der Waals surface area contributed by atoms with Crippen molar-refractivity contribution >= 4 is 17.6 Å². The Kier molecular flexibility index (Phi) is 5.95. The zero-order chi connectivity index (χ0) is 17.5. The molecule has 1 unspecified atom stereocenters. The fourth-order valence-corrected chi connectivity index (χ4v) is 2.26. The average Bonchev–Trinajstić information content (AvgIpc) is 2.60. The third-order valence-electron chi connectivity index (χ3n) is 3.82. The Morgan fingerprint density at radius 3 is 2.46 bits per heavy atom. The van der Waals surface area contributed by atoms with Gasteiger partial charge >= 0.3 is 5.97 Å².